The van der Waals surface area contributed by atoms with Gasteiger partial charge in [-0.25, -0.2) is 4.98 Å². The van der Waals surface area contributed by atoms with Crippen LogP contribution in [0.1, 0.15) is 63.5 Å². The number of carbonyl (C=O) groups excluding carboxylic acids is 1. The molecule has 0 bridgehead atoms. The Morgan fingerprint density at radius 1 is 1.40 bits per heavy atom. The van der Waals surface area contributed by atoms with Crippen molar-refractivity contribution in [1.82, 2.24) is 20.1 Å². The summed E-state index contributed by atoms with van der Waals surface area (Å²) < 4.78 is 0. The van der Waals surface area contributed by atoms with Gasteiger partial charge in [0.15, 0.2) is 5.82 Å². The van der Waals surface area contributed by atoms with Crippen LogP contribution in [0.2, 0.25) is 0 Å². The van der Waals surface area contributed by atoms with Crippen molar-refractivity contribution in [3.63, 3.8) is 0 Å². The number of hydrogen-bond acceptors (Lipinski definition) is 3. The van der Waals surface area contributed by atoms with Gasteiger partial charge >= 0.3 is 0 Å². The molecule has 5 nitrogen and oxygen atoms in total. The third-order valence-corrected chi connectivity index (χ3v) is 5.10. The average molecular weight is 276 g/mol. The van der Waals surface area contributed by atoms with E-state index in [1.165, 1.54) is 25.7 Å². The normalized spacial score (nSPS) is 24.7. The Bertz CT molecular complexity index is 490. The number of amides is 1. The van der Waals surface area contributed by atoms with E-state index in [1.54, 1.807) is 0 Å². The first kappa shape index (κ1) is 13.6. The highest BCUT2D eigenvalue weighted by Gasteiger charge is 2.51. The van der Waals surface area contributed by atoms with Crippen molar-refractivity contribution in [2.45, 2.75) is 58.3 Å². The minimum Gasteiger partial charge on any atom is -0.341 e. The van der Waals surface area contributed by atoms with Gasteiger partial charge in [0.25, 0.3) is 0 Å². The standard InChI is InChI=1S/C15H24N4O/c1-3-12-16-14(18-17-12)11-9-19(13(20)4-2)10-15(11)7-5-6-8-15/h11H,3-10H2,1-2H3,(H,16,17,18). The fraction of sp³-hybridized carbons (Fsp3) is 0.800. The highest BCUT2D eigenvalue weighted by Crippen LogP contribution is 2.52. The molecule has 2 heterocycles. The van der Waals surface area contributed by atoms with E-state index in [9.17, 15) is 4.79 Å². The molecule has 1 atom stereocenters. The van der Waals surface area contributed by atoms with E-state index in [4.69, 9.17) is 0 Å². The fourth-order valence-corrected chi connectivity index (χ4v) is 3.95. The van der Waals surface area contributed by atoms with Crippen LogP contribution >= 0.6 is 0 Å². The van der Waals surface area contributed by atoms with Crippen molar-refractivity contribution in [2.24, 2.45) is 5.41 Å². The zero-order chi connectivity index (χ0) is 14.2. The number of carbonyl (C=O) groups is 1. The van der Waals surface area contributed by atoms with Gasteiger partial charge in [0.2, 0.25) is 5.91 Å². The lowest BCUT2D eigenvalue weighted by Crippen LogP contribution is -2.30. The van der Waals surface area contributed by atoms with Crippen LogP contribution in [0.3, 0.4) is 0 Å². The minimum absolute atomic E-state index is 0.234. The molecule has 110 valence electrons. The van der Waals surface area contributed by atoms with Crippen LogP contribution in [0.15, 0.2) is 0 Å². The summed E-state index contributed by atoms with van der Waals surface area (Å²) in [5.74, 6) is 2.46. The molecule has 2 fully saturated rings. The Balaban J connectivity index is 1.88. The van der Waals surface area contributed by atoms with E-state index in [0.29, 0.717) is 12.3 Å². The largest absolute Gasteiger partial charge is 0.341 e. The van der Waals surface area contributed by atoms with Crippen LogP contribution < -0.4 is 0 Å². The third kappa shape index (κ3) is 2.13. The number of rotatable bonds is 3. The monoisotopic (exact) mass is 276 g/mol. The number of nitrogens with one attached hydrogen (secondary N) is 1. The van der Waals surface area contributed by atoms with E-state index in [1.807, 2.05) is 11.8 Å². The van der Waals surface area contributed by atoms with Crippen molar-refractivity contribution in [3.8, 4) is 0 Å². The molecule has 5 heteroatoms. The number of aryl methyl sites for hydroxylation is 1. The molecule has 0 aromatic carbocycles. The van der Waals surface area contributed by atoms with E-state index in [2.05, 4.69) is 22.1 Å². The molecule has 1 aromatic heterocycles. The van der Waals surface area contributed by atoms with Crippen molar-refractivity contribution in [1.29, 1.82) is 0 Å². The van der Waals surface area contributed by atoms with Crippen LogP contribution in [-0.4, -0.2) is 39.1 Å². The van der Waals surface area contributed by atoms with Gasteiger partial charge in [-0.1, -0.05) is 26.7 Å². The smallest absolute Gasteiger partial charge is 0.222 e. The number of H-pyrrole nitrogens is 1. The lowest BCUT2D eigenvalue weighted by Gasteiger charge is -2.27. The molecule has 1 saturated heterocycles. The third-order valence-electron chi connectivity index (χ3n) is 5.10. The van der Waals surface area contributed by atoms with Gasteiger partial charge in [-0.05, 0) is 18.3 Å². The zero-order valence-corrected chi connectivity index (χ0v) is 12.5. The molecule has 1 N–H and O–H groups in total. The molecule has 1 amide bonds. The van der Waals surface area contributed by atoms with E-state index in [-0.39, 0.29) is 11.3 Å². The predicted molar refractivity (Wildman–Crippen MR) is 76.3 cm³/mol. The molecule has 1 aliphatic heterocycles. The molecular weight excluding hydrogens is 252 g/mol. The first-order valence-electron chi connectivity index (χ1n) is 7.87. The highest BCUT2D eigenvalue weighted by molar-refractivity contribution is 5.76. The molecule has 1 unspecified atom stereocenters. The molecular formula is C15H24N4O. The van der Waals surface area contributed by atoms with Gasteiger partial charge in [-0.2, -0.15) is 5.10 Å². The van der Waals surface area contributed by atoms with Gasteiger partial charge in [0.1, 0.15) is 5.82 Å². The minimum atomic E-state index is 0.234. The number of hydrogen-bond donors (Lipinski definition) is 1. The molecule has 1 aromatic rings. The molecule has 1 spiro atoms. The molecule has 0 radical (unpaired) electrons. The summed E-state index contributed by atoms with van der Waals surface area (Å²) in [5, 5.41) is 7.47. The summed E-state index contributed by atoms with van der Waals surface area (Å²) in [6.07, 6.45) is 6.44. The molecule has 20 heavy (non-hydrogen) atoms. The van der Waals surface area contributed by atoms with Crippen LogP contribution in [0, 0.1) is 5.41 Å². The second-order valence-corrected chi connectivity index (χ2v) is 6.24. The van der Waals surface area contributed by atoms with Gasteiger partial charge in [-0.3, -0.25) is 9.89 Å². The van der Waals surface area contributed by atoms with Crippen molar-refractivity contribution in [3.05, 3.63) is 11.6 Å². The lowest BCUT2D eigenvalue weighted by molar-refractivity contribution is -0.130. The van der Waals surface area contributed by atoms with Crippen LogP contribution in [0.4, 0.5) is 0 Å². The van der Waals surface area contributed by atoms with Crippen LogP contribution in [-0.2, 0) is 11.2 Å². The van der Waals surface area contributed by atoms with Crippen molar-refractivity contribution in [2.75, 3.05) is 13.1 Å². The lowest BCUT2D eigenvalue weighted by atomic mass is 9.76. The number of nitrogens with zero attached hydrogens (tertiary/aromatic N) is 3. The SMILES string of the molecule is CCC(=O)N1CC(c2n[nH]c(CC)n2)C2(CCCC2)C1. The zero-order valence-electron chi connectivity index (χ0n) is 12.5. The summed E-state index contributed by atoms with van der Waals surface area (Å²) in [6, 6.07) is 0. The maximum atomic E-state index is 12.1. The summed E-state index contributed by atoms with van der Waals surface area (Å²) >= 11 is 0. The van der Waals surface area contributed by atoms with Crippen molar-refractivity contribution < 1.29 is 4.79 Å². The average Bonchev–Trinajstić information content (AvgIpc) is 3.18. The van der Waals surface area contributed by atoms with Gasteiger partial charge in [0, 0.05) is 31.8 Å². The fourth-order valence-electron chi connectivity index (χ4n) is 3.95. The van der Waals surface area contributed by atoms with E-state index < -0.39 is 0 Å². The molecule has 1 saturated carbocycles. The first-order valence-corrected chi connectivity index (χ1v) is 7.87. The van der Waals surface area contributed by atoms with E-state index in [0.717, 1.165) is 31.2 Å². The molecule has 2 aliphatic rings. The Kier molecular flexibility index (Phi) is 3.52. The van der Waals surface area contributed by atoms with Crippen LogP contribution in [0.5, 0.6) is 0 Å². The summed E-state index contributed by atoms with van der Waals surface area (Å²) in [7, 11) is 0. The topological polar surface area (TPSA) is 61.9 Å². The second-order valence-electron chi connectivity index (χ2n) is 6.24. The number of likely N-dealkylation sites (tertiary alicyclic amines) is 1. The quantitative estimate of drug-likeness (QED) is 0.921. The maximum Gasteiger partial charge on any atom is 0.222 e. The molecule has 1 aliphatic carbocycles. The summed E-state index contributed by atoms with van der Waals surface area (Å²) in [4.78, 5) is 18.8. The maximum absolute atomic E-state index is 12.1. The first-order chi connectivity index (χ1) is 9.68. The highest BCUT2D eigenvalue weighted by atomic mass is 16.2. The van der Waals surface area contributed by atoms with Gasteiger partial charge in [-0.15, -0.1) is 0 Å². The summed E-state index contributed by atoms with van der Waals surface area (Å²) in [5.41, 5.74) is 0.234. The second kappa shape index (κ2) is 5.19. The Hall–Kier alpha value is -1.39. The number of aromatic nitrogens is 3. The Morgan fingerprint density at radius 2 is 2.15 bits per heavy atom. The molecule has 3 rings (SSSR count). The number of aromatic amines is 1. The Morgan fingerprint density at radius 3 is 2.75 bits per heavy atom. The van der Waals surface area contributed by atoms with Crippen LogP contribution in [0.25, 0.3) is 0 Å². The van der Waals surface area contributed by atoms with Crippen molar-refractivity contribution >= 4 is 5.91 Å². The summed E-state index contributed by atoms with van der Waals surface area (Å²) in [6.45, 7) is 5.73. The predicted octanol–water partition coefficient (Wildman–Crippen LogP) is 2.26. The van der Waals surface area contributed by atoms with Gasteiger partial charge < -0.3 is 4.90 Å². The van der Waals surface area contributed by atoms with E-state index >= 15 is 0 Å². The van der Waals surface area contributed by atoms with Gasteiger partial charge in [0.05, 0.1) is 0 Å². The Labute approximate surface area is 120 Å².